The number of methoxy groups -OCH3 is 1. The first-order valence-electron chi connectivity index (χ1n) is 8.15. The third-order valence-electron chi connectivity index (χ3n) is 3.94. The van der Waals surface area contributed by atoms with Crippen molar-refractivity contribution in [2.24, 2.45) is 0 Å². The van der Waals surface area contributed by atoms with Crippen LogP contribution in [0.15, 0.2) is 54.6 Å². The highest BCUT2D eigenvalue weighted by Crippen LogP contribution is 2.35. The number of amides is 2. The number of carbonyl (C=O) groups excluding carboxylic acids is 2. The summed E-state index contributed by atoms with van der Waals surface area (Å²) in [5.74, 6) is 0.639. The molecule has 0 aromatic heterocycles. The molecule has 0 unspecified atom stereocenters. The van der Waals surface area contributed by atoms with Crippen LogP contribution in [0.5, 0.6) is 11.5 Å². The molecule has 0 aliphatic carbocycles. The number of hydrogen-bond donors (Lipinski definition) is 1. The molecule has 2 aromatic rings. The maximum atomic E-state index is 12.5. The zero-order chi connectivity index (χ0) is 18.7. The second-order valence-electron chi connectivity index (χ2n) is 6.06. The predicted octanol–water partition coefficient (Wildman–Crippen LogP) is 3.25. The maximum Gasteiger partial charge on any atom is 0.265 e. The fourth-order valence-corrected chi connectivity index (χ4v) is 2.76. The summed E-state index contributed by atoms with van der Waals surface area (Å²) in [4.78, 5) is 26.2. The number of carbonyl (C=O) groups is 2. The average molecular weight is 352 g/mol. The Kier molecular flexibility index (Phi) is 4.93. The number of nitrogens with zero attached hydrogens (tertiary/aromatic N) is 1. The molecule has 0 saturated heterocycles. The van der Waals surface area contributed by atoms with E-state index in [1.54, 1.807) is 47.4 Å². The summed E-state index contributed by atoms with van der Waals surface area (Å²) in [7, 11) is 1.52. The van der Waals surface area contributed by atoms with Gasteiger partial charge in [-0.1, -0.05) is 24.3 Å². The average Bonchev–Trinajstić information content (AvgIpc) is 2.63. The highest BCUT2D eigenvalue weighted by Gasteiger charge is 2.25. The minimum atomic E-state index is -0.284. The van der Waals surface area contributed by atoms with Crippen molar-refractivity contribution in [3.63, 3.8) is 0 Å². The highest BCUT2D eigenvalue weighted by molar-refractivity contribution is 6.06. The van der Waals surface area contributed by atoms with Crippen LogP contribution in [0.3, 0.4) is 0 Å². The fourth-order valence-electron chi connectivity index (χ4n) is 2.76. The van der Waals surface area contributed by atoms with E-state index in [1.807, 2.05) is 6.92 Å². The van der Waals surface area contributed by atoms with Crippen molar-refractivity contribution in [2.75, 3.05) is 30.5 Å². The normalized spacial score (nSPS) is 12.8. The molecule has 0 fully saturated rings. The number of benzene rings is 2. The van der Waals surface area contributed by atoms with Gasteiger partial charge in [-0.3, -0.25) is 9.59 Å². The summed E-state index contributed by atoms with van der Waals surface area (Å²) in [6.07, 6.45) is 0. The lowest BCUT2D eigenvalue weighted by atomic mass is 10.1. The van der Waals surface area contributed by atoms with Crippen molar-refractivity contribution in [3.05, 3.63) is 60.2 Å². The lowest BCUT2D eigenvalue weighted by Gasteiger charge is -2.29. The second kappa shape index (κ2) is 7.31. The Hall–Kier alpha value is -3.28. The smallest absolute Gasteiger partial charge is 0.265 e. The van der Waals surface area contributed by atoms with Crippen molar-refractivity contribution in [3.8, 4) is 11.5 Å². The monoisotopic (exact) mass is 352 g/mol. The molecule has 0 atom stereocenters. The van der Waals surface area contributed by atoms with Gasteiger partial charge in [0.1, 0.15) is 11.5 Å². The Labute approximate surface area is 152 Å². The summed E-state index contributed by atoms with van der Waals surface area (Å²) in [6, 6.07) is 12.2. The van der Waals surface area contributed by atoms with Gasteiger partial charge in [-0.25, -0.2) is 0 Å². The largest absolute Gasteiger partial charge is 0.496 e. The Bertz CT molecular complexity index is 876. The molecular weight excluding hydrogens is 332 g/mol. The third kappa shape index (κ3) is 3.54. The van der Waals surface area contributed by atoms with E-state index in [-0.39, 0.29) is 18.4 Å². The van der Waals surface area contributed by atoms with Crippen LogP contribution < -0.4 is 19.7 Å². The van der Waals surface area contributed by atoms with Crippen molar-refractivity contribution < 1.29 is 19.1 Å². The fraction of sp³-hybridized carbons (Fsp3) is 0.200. The number of ether oxygens (including phenoxy) is 2. The minimum absolute atomic E-state index is 0.0375. The number of hydrogen-bond acceptors (Lipinski definition) is 4. The molecule has 26 heavy (non-hydrogen) atoms. The van der Waals surface area contributed by atoms with Gasteiger partial charge in [0.15, 0.2) is 6.61 Å². The first-order valence-corrected chi connectivity index (χ1v) is 8.15. The summed E-state index contributed by atoms with van der Waals surface area (Å²) in [5.41, 5.74) is 2.55. The van der Waals surface area contributed by atoms with Crippen molar-refractivity contribution >= 4 is 23.2 Å². The van der Waals surface area contributed by atoms with E-state index in [4.69, 9.17) is 9.47 Å². The Morgan fingerprint density at radius 1 is 1.31 bits per heavy atom. The predicted molar refractivity (Wildman–Crippen MR) is 100 cm³/mol. The van der Waals surface area contributed by atoms with Crippen molar-refractivity contribution in [1.29, 1.82) is 0 Å². The van der Waals surface area contributed by atoms with Gasteiger partial charge in [0.25, 0.3) is 11.8 Å². The molecule has 1 N–H and O–H groups in total. The van der Waals surface area contributed by atoms with Gasteiger partial charge in [0.2, 0.25) is 0 Å². The van der Waals surface area contributed by atoms with Gasteiger partial charge >= 0.3 is 0 Å². The van der Waals surface area contributed by atoms with Crippen molar-refractivity contribution in [2.45, 2.75) is 6.92 Å². The van der Waals surface area contributed by atoms with E-state index >= 15 is 0 Å². The summed E-state index contributed by atoms with van der Waals surface area (Å²) >= 11 is 0. The van der Waals surface area contributed by atoms with Crippen LogP contribution in [0.2, 0.25) is 0 Å². The summed E-state index contributed by atoms with van der Waals surface area (Å²) in [6.45, 7) is 6.12. The Balaban J connectivity index is 1.84. The Morgan fingerprint density at radius 2 is 2.08 bits per heavy atom. The van der Waals surface area contributed by atoms with Gasteiger partial charge in [-0.2, -0.15) is 0 Å². The van der Waals surface area contributed by atoms with Gasteiger partial charge in [-0.15, -0.1) is 0 Å². The molecule has 134 valence electrons. The number of anilines is 2. The van der Waals surface area contributed by atoms with Gasteiger partial charge < -0.3 is 19.7 Å². The zero-order valence-electron chi connectivity index (χ0n) is 14.7. The minimum Gasteiger partial charge on any atom is -0.496 e. The van der Waals surface area contributed by atoms with E-state index in [2.05, 4.69) is 11.9 Å². The number of fused-ring (bicyclic) bond motifs is 1. The first-order chi connectivity index (χ1) is 12.5. The van der Waals surface area contributed by atoms with E-state index in [9.17, 15) is 9.59 Å². The molecule has 2 aromatic carbocycles. The molecular formula is C20H20N2O4. The van der Waals surface area contributed by atoms with E-state index < -0.39 is 0 Å². The van der Waals surface area contributed by atoms with Crippen molar-refractivity contribution in [1.82, 2.24) is 0 Å². The molecule has 1 heterocycles. The SMILES string of the molecule is C=C(C)CN1C(=O)COc2cc(NC(=O)c3ccccc3OC)ccc21. The number of rotatable bonds is 5. The second-order valence-corrected chi connectivity index (χ2v) is 6.06. The van der Waals surface area contributed by atoms with E-state index in [0.717, 1.165) is 5.57 Å². The molecule has 0 bridgehead atoms. The highest BCUT2D eigenvalue weighted by atomic mass is 16.5. The molecule has 0 spiro atoms. The quantitative estimate of drug-likeness (QED) is 0.839. The number of para-hydroxylation sites is 1. The lowest BCUT2D eigenvalue weighted by molar-refractivity contribution is -0.121. The molecule has 1 aliphatic heterocycles. The van der Waals surface area contributed by atoms with Gasteiger partial charge in [-0.05, 0) is 31.2 Å². The van der Waals surface area contributed by atoms with Gasteiger partial charge in [0.05, 0.1) is 18.4 Å². The maximum absolute atomic E-state index is 12.5. The van der Waals surface area contributed by atoms with Crippen LogP contribution in [0, 0.1) is 0 Å². The molecule has 6 nitrogen and oxygen atoms in total. The van der Waals surface area contributed by atoms with E-state index in [1.165, 1.54) is 7.11 Å². The van der Waals surface area contributed by atoms with Gasteiger partial charge in [0, 0.05) is 18.3 Å². The molecule has 2 amide bonds. The first kappa shape index (κ1) is 17.5. The standard InChI is InChI=1S/C20H20N2O4/c1-13(2)11-22-16-9-8-14(10-18(16)26-12-19(22)23)21-20(24)15-6-4-5-7-17(15)25-3/h4-10H,1,11-12H2,2-3H3,(H,21,24). The van der Waals surface area contributed by atoms with Crippen LogP contribution in [0.4, 0.5) is 11.4 Å². The van der Waals surface area contributed by atoms with Crippen LogP contribution in [-0.2, 0) is 4.79 Å². The summed E-state index contributed by atoms with van der Waals surface area (Å²) in [5, 5.41) is 2.83. The van der Waals surface area contributed by atoms with Crippen LogP contribution >= 0.6 is 0 Å². The molecule has 3 rings (SSSR count). The zero-order valence-corrected chi connectivity index (χ0v) is 14.7. The lowest BCUT2D eigenvalue weighted by Crippen LogP contribution is -2.39. The molecule has 0 saturated carbocycles. The molecule has 6 heteroatoms. The Morgan fingerprint density at radius 3 is 2.81 bits per heavy atom. The molecule has 1 aliphatic rings. The number of nitrogens with one attached hydrogen (secondary N) is 1. The molecule has 0 radical (unpaired) electrons. The summed E-state index contributed by atoms with van der Waals surface area (Å²) < 4.78 is 10.7. The third-order valence-corrected chi connectivity index (χ3v) is 3.94. The van der Waals surface area contributed by atoms with Crippen LogP contribution in [0.1, 0.15) is 17.3 Å². The van der Waals surface area contributed by atoms with Crippen LogP contribution in [-0.4, -0.2) is 32.1 Å². The van der Waals surface area contributed by atoms with Crippen LogP contribution in [0.25, 0.3) is 0 Å². The topological polar surface area (TPSA) is 67.9 Å². The van der Waals surface area contributed by atoms with E-state index in [0.29, 0.717) is 35.0 Å².